The minimum Gasteiger partial charge on any atom is -0.211 e. The van der Waals surface area contributed by atoms with Crippen molar-refractivity contribution in [1.29, 1.82) is 0 Å². The van der Waals surface area contributed by atoms with E-state index < -0.39 is 10.0 Å². The van der Waals surface area contributed by atoms with Gasteiger partial charge in [0.15, 0.2) is 0 Å². The van der Waals surface area contributed by atoms with E-state index in [4.69, 9.17) is 23.2 Å². The topological polar surface area (TPSA) is 46.2 Å². The van der Waals surface area contributed by atoms with Crippen molar-refractivity contribution in [3.8, 4) is 0 Å². The van der Waals surface area contributed by atoms with Crippen LogP contribution in [0.2, 0.25) is 10.0 Å². The molecular weight excluding hydrogens is 317 g/mol. The lowest BCUT2D eigenvalue weighted by atomic mass is 10.1. The molecule has 0 radical (unpaired) electrons. The van der Waals surface area contributed by atoms with Gasteiger partial charge >= 0.3 is 0 Å². The van der Waals surface area contributed by atoms with Crippen LogP contribution in [0.5, 0.6) is 0 Å². The van der Waals surface area contributed by atoms with Crippen molar-refractivity contribution >= 4 is 33.2 Å². The highest BCUT2D eigenvalue weighted by atomic mass is 35.5. The van der Waals surface area contributed by atoms with Gasteiger partial charge in [0.1, 0.15) is 4.90 Å². The standard InChI is InChI=1S/C14H21Cl2NO2S/c1-2-3-4-5-6-7-10-17-20(18,19)14-11-12(15)8-9-13(14)16/h8-9,11,17H,2-7,10H2,1H3. The summed E-state index contributed by atoms with van der Waals surface area (Å²) in [4.78, 5) is 0.0395. The van der Waals surface area contributed by atoms with Gasteiger partial charge in [0.05, 0.1) is 5.02 Å². The maximum absolute atomic E-state index is 12.1. The van der Waals surface area contributed by atoms with E-state index in [2.05, 4.69) is 11.6 Å². The Morgan fingerprint density at radius 1 is 1.05 bits per heavy atom. The third-order valence-corrected chi connectivity index (χ3v) is 5.18. The summed E-state index contributed by atoms with van der Waals surface area (Å²) >= 11 is 11.7. The lowest BCUT2D eigenvalue weighted by Gasteiger charge is -2.08. The third-order valence-electron chi connectivity index (χ3n) is 3.01. The second kappa shape index (κ2) is 8.88. The number of benzene rings is 1. The maximum Gasteiger partial charge on any atom is 0.242 e. The van der Waals surface area contributed by atoms with E-state index in [1.54, 1.807) is 6.07 Å². The van der Waals surface area contributed by atoms with Gasteiger partial charge in [0.25, 0.3) is 0 Å². The van der Waals surface area contributed by atoms with Gasteiger partial charge in [-0.3, -0.25) is 0 Å². The predicted octanol–water partition coefficient (Wildman–Crippen LogP) is 4.63. The van der Waals surface area contributed by atoms with Crippen molar-refractivity contribution < 1.29 is 8.42 Å². The fraction of sp³-hybridized carbons (Fsp3) is 0.571. The van der Waals surface area contributed by atoms with Crippen molar-refractivity contribution in [2.45, 2.75) is 50.3 Å². The summed E-state index contributed by atoms with van der Waals surface area (Å²) in [5.41, 5.74) is 0. The summed E-state index contributed by atoms with van der Waals surface area (Å²) in [6.07, 6.45) is 6.67. The SMILES string of the molecule is CCCCCCCCNS(=O)(=O)c1cc(Cl)ccc1Cl. The number of rotatable bonds is 9. The first kappa shape index (κ1) is 17.8. The summed E-state index contributed by atoms with van der Waals surface area (Å²) < 4.78 is 26.7. The molecule has 0 fully saturated rings. The van der Waals surface area contributed by atoms with Crippen molar-refractivity contribution in [1.82, 2.24) is 4.72 Å². The minimum absolute atomic E-state index is 0.0395. The van der Waals surface area contributed by atoms with E-state index >= 15 is 0 Å². The largest absolute Gasteiger partial charge is 0.242 e. The zero-order valence-corrected chi connectivity index (χ0v) is 14.0. The Hall–Kier alpha value is -0.290. The minimum atomic E-state index is -3.58. The lowest BCUT2D eigenvalue weighted by Crippen LogP contribution is -2.25. The molecule has 1 aromatic rings. The van der Waals surface area contributed by atoms with Gasteiger partial charge in [-0.05, 0) is 24.6 Å². The van der Waals surface area contributed by atoms with Crippen LogP contribution >= 0.6 is 23.2 Å². The molecule has 0 unspecified atom stereocenters. The highest BCUT2D eigenvalue weighted by molar-refractivity contribution is 7.89. The highest BCUT2D eigenvalue weighted by Gasteiger charge is 2.17. The van der Waals surface area contributed by atoms with Gasteiger partial charge in [0, 0.05) is 11.6 Å². The van der Waals surface area contributed by atoms with Crippen LogP contribution in [0.3, 0.4) is 0 Å². The molecule has 0 aliphatic heterocycles. The number of unbranched alkanes of at least 4 members (excludes halogenated alkanes) is 5. The van der Waals surface area contributed by atoms with Gasteiger partial charge in [-0.2, -0.15) is 0 Å². The Balaban J connectivity index is 2.44. The van der Waals surface area contributed by atoms with E-state index in [1.165, 1.54) is 31.4 Å². The number of hydrogen-bond acceptors (Lipinski definition) is 2. The Bertz CT molecular complexity index is 518. The molecule has 0 spiro atoms. The summed E-state index contributed by atoms with van der Waals surface area (Å²) in [6.45, 7) is 2.60. The summed E-state index contributed by atoms with van der Waals surface area (Å²) in [5.74, 6) is 0. The molecule has 0 aromatic heterocycles. The first-order chi connectivity index (χ1) is 9.47. The maximum atomic E-state index is 12.1. The first-order valence-electron chi connectivity index (χ1n) is 6.92. The van der Waals surface area contributed by atoms with Crippen LogP contribution in [0.15, 0.2) is 23.1 Å². The molecule has 20 heavy (non-hydrogen) atoms. The average Bonchev–Trinajstić information content (AvgIpc) is 2.40. The molecule has 0 aliphatic rings. The second-order valence-electron chi connectivity index (χ2n) is 4.74. The molecule has 6 heteroatoms. The quantitative estimate of drug-likeness (QED) is 0.667. The van der Waals surface area contributed by atoms with Crippen molar-refractivity contribution in [3.63, 3.8) is 0 Å². The van der Waals surface area contributed by atoms with Crippen molar-refractivity contribution in [2.75, 3.05) is 6.54 Å². The Morgan fingerprint density at radius 3 is 2.40 bits per heavy atom. The molecule has 1 aromatic carbocycles. The van der Waals surface area contributed by atoms with E-state index in [0.717, 1.165) is 19.3 Å². The smallest absolute Gasteiger partial charge is 0.211 e. The molecule has 0 atom stereocenters. The van der Waals surface area contributed by atoms with E-state index in [0.29, 0.717) is 11.6 Å². The molecule has 0 heterocycles. The Labute approximate surface area is 131 Å². The second-order valence-corrected chi connectivity index (χ2v) is 7.32. The van der Waals surface area contributed by atoms with Crippen LogP contribution in [-0.4, -0.2) is 15.0 Å². The van der Waals surface area contributed by atoms with Crippen LogP contribution in [0.25, 0.3) is 0 Å². The lowest BCUT2D eigenvalue weighted by molar-refractivity contribution is 0.567. The van der Waals surface area contributed by atoms with Crippen LogP contribution in [0, 0.1) is 0 Å². The number of halogens is 2. The summed E-state index contributed by atoms with van der Waals surface area (Å²) in [5, 5.41) is 0.541. The van der Waals surface area contributed by atoms with Gasteiger partial charge in [-0.1, -0.05) is 62.2 Å². The van der Waals surface area contributed by atoms with Gasteiger partial charge in [-0.15, -0.1) is 0 Å². The Morgan fingerprint density at radius 2 is 1.70 bits per heavy atom. The molecular formula is C14H21Cl2NO2S. The van der Waals surface area contributed by atoms with E-state index in [9.17, 15) is 8.42 Å². The fourth-order valence-electron chi connectivity index (χ4n) is 1.87. The molecule has 114 valence electrons. The zero-order chi connectivity index (χ0) is 15.0. The predicted molar refractivity (Wildman–Crippen MR) is 85.0 cm³/mol. The highest BCUT2D eigenvalue weighted by Crippen LogP contribution is 2.24. The first-order valence-corrected chi connectivity index (χ1v) is 9.16. The van der Waals surface area contributed by atoms with Crippen LogP contribution in [-0.2, 0) is 10.0 Å². The normalized spacial score (nSPS) is 11.8. The molecule has 0 bridgehead atoms. The van der Waals surface area contributed by atoms with Crippen molar-refractivity contribution in [3.05, 3.63) is 28.2 Å². The van der Waals surface area contributed by atoms with Crippen molar-refractivity contribution in [2.24, 2.45) is 0 Å². The van der Waals surface area contributed by atoms with Crippen LogP contribution in [0.1, 0.15) is 45.4 Å². The van der Waals surface area contributed by atoms with Crippen LogP contribution < -0.4 is 4.72 Å². The summed E-state index contributed by atoms with van der Waals surface area (Å²) in [6, 6.07) is 4.42. The van der Waals surface area contributed by atoms with E-state index in [-0.39, 0.29) is 9.92 Å². The van der Waals surface area contributed by atoms with Crippen LogP contribution in [0.4, 0.5) is 0 Å². The number of nitrogens with one attached hydrogen (secondary N) is 1. The zero-order valence-electron chi connectivity index (χ0n) is 11.7. The molecule has 3 nitrogen and oxygen atoms in total. The Kier molecular flexibility index (Phi) is 7.88. The van der Waals surface area contributed by atoms with Gasteiger partial charge in [-0.25, -0.2) is 13.1 Å². The molecule has 1 rings (SSSR count). The fourth-order valence-corrected chi connectivity index (χ4v) is 3.71. The molecule has 0 saturated carbocycles. The number of hydrogen-bond donors (Lipinski definition) is 1. The molecule has 0 saturated heterocycles. The average molecular weight is 338 g/mol. The molecule has 1 N–H and O–H groups in total. The monoisotopic (exact) mass is 337 g/mol. The van der Waals surface area contributed by atoms with Gasteiger partial charge < -0.3 is 0 Å². The van der Waals surface area contributed by atoms with E-state index in [1.807, 2.05) is 0 Å². The molecule has 0 aliphatic carbocycles. The number of sulfonamides is 1. The third kappa shape index (κ3) is 6.00. The van der Waals surface area contributed by atoms with Gasteiger partial charge in [0.2, 0.25) is 10.0 Å². The molecule has 0 amide bonds. The summed E-state index contributed by atoms with van der Waals surface area (Å²) in [7, 11) is -3.58.